The average Bonchev–Trinajstić information content (AvgIpc) is 3.81. The van der Waals surface area contributed by atoms with Gasteiger partial charge in [-0.05, 0) is 78.6 Å². The predicted molar refractivity (Wildman–Crippen MR) is 244 cm³/mol. The number of fused-ring (bicyclic) bond motifs is 6. The lowest BCUT2D eigenvalue weighted by Gasteiger charge is -2.16. The standard InChI is InChI=1S/C53H36N4S/c1-33-27-34(2)29-40(28-33)38-23-25-47-44(30-38)41-17-9-11-19-46(41)57(47)48-26-22-37(39-21-24-43-42-18-10-12-20-49(42)58-50(43)32-39)31-45(48)53-55-51(35-13-5-3-6-14-35)54-52(56-53)36-15-7-4-8-16-36/h3-32H,1-2H3. The van der Waals surface area contributed by atoms with E-state index in [1.54, 1.807) is 0 Å². The molecule has 3 aromatic heterocycles. The van der Waals surface area contributed by atoms with Crippen LogP contribution < -0.4 is 0 Å². The van der Waals surface area contributed by atoms with Crippen molar-refractivity contribution < 1.29 is 0 Å². The number of aryl methyl sites for hydroxylation is 2. The van der Waals surface area contributed by atoms with Crippen molar-refractivity contribution in [3.63, 3.8) is 0 Å². The van der Waals surface area contributed by atoms with Gasteiger partial charge in [0.2, 0.25) is 0 Å². The van der Waals surface area contributed by atoms with Crippen molar-refractivity contribution in [2.45, 2.75) is 13.8 Å². The maximum absolute atomic E-state index is 5.28. The molecule has 0 N–H and O–H groups in total. The zero-order valence-corrected chi connectivity index (χ0v) is 32.8. The quantitative estimate of drug-likeness (QED) is 0.169. The molecular formula is C53H36N4S. The smallest absolute Gasteiger partial charge is 0.166 e. The molecule has 3 heterocycles. The van der Waals surface area contributed by atoms with Crippen LogP contribution in [0.1, 0.15) is 11.1 Å². The van der Waals surface area contributed by atoms with Crippen LogP contribution in [0, 0.1) is 13.8 Å². The Morgan fingerprint density at radius 1 is 0.362 bits per heavy atom. The number of hydrogen-bond acceptors (Lipinski definition) is 4. The summed E-state index contributed by atoms with van der Waals surface area (Å²) in [7, 11) is 0. The molecule has 0 unspecified atom stereocenters. The van der Waals surface area contributed by atoms with Crippen LogP contribution in [-0.2, 0) is 0 Å². The van der Waals surface area contributed by atoms with E-state index in [1.807, 2.05) is 47.7 Å². The van der Waals surface area contributed by atoms with Crippen LogP contribution in [0.3, 0.4) is 0 Å². The van der Waals surface area contributed by atoms with Gasteiger partial charge in [0.1, 0.15) is 0 Å². The van der Waals surface area contributed by atoms with E-state index in [-0.39, 0.29) is 0 Å². The second-order valence-electron chi connectivity index (χ2n) is 15.0. The summed E-state index contributed by atoms with van der Waals surface area (Å²) in [5, 5.41) is 4.97. The summed E-state index contributed by atoms with van der Waals surface area (Å²) in [5.74, 6) is 1.88. The van der Waals surface area contributed by atoms with Crippen molar-refractivity contribution in [1.82, 2.24) is 19.5 Å². The summed E-state index contributed by atoms with van der Waals surface area (Å²) >= 11 is 1.84. The number of nitrogens with zero attached hydrogens (tertiary/aromatic N) is 4. The van der Waals surface area contributed by atoms with E-state index in [9.17, 15) is 0 Å². The predicted octanol–water partition coefficient (Wildman–Crippen LogP) is 14.3. The minimum Gasteiger partial charge on any atom is -0.309 e. The lowest BCUT2D eigenvalue weighted by molar-refractivity contribution is 1.06. The fourth-order valence-electron chi connectivity index (χ4n) is 8.48. The van der Waals surface area contributed by atoms with Gasteiger partial charge in [-0.25, -0.2) is 15.0 Å². The number of benzene rings is 8. The molecule has 0 aliphatic rings. The highest BCUT2D eigenvalue weighted by Gasteiger charge is 2.21. The van der Waals surface area contributed by atoms with Crippen LogP contribution in [0.15, 0.2) is 182 Å². The Morgan fingerprint density at radius 2 is 0.914 bits per heavy atom. The molecule has 8 aromatic carbocycles. The van der Waals surface area contributed by atoms with Crippen LogP contribution in [0.5, 0.6) is 0 Å². The minimum atomic E-state index is 0.616. The van der Waals surface area contributed by atoms with E-state index in [0.29, 0.717) is 17.5 Å². The maximum atomic E-state index is 5.28. The van der Waals surface area contributed by atoms with Crippen molar-refractivity contribution in [1.29, 1.82) is 0 Å². The molecule has 11 aromatic rings. The molecule has 0 amide bonds. The van der Waals surface area contributed by atoms with Crippen LogP contribution in [0.4, 0.5) is 0 Å². The highest BCUT2D eigenvalue weighted by Crippen LogP contribution is 2.41. The van der Waals surface area contributed by atoms with Crippen LogP contribution >= 0.6 is 11.3 Å². The number of aromatic nitrogens is 4. The lowest BCUT2D eigenvalue weighted by Crippen LogP contribution is -2.04. The van der Waals surface area contributed by atoms with Gasteiger partial charge in [-0.15, -0.1) is 11.3 Å². The summed E-state index contributed by atoms with van der Waals surface area (Å²) in [6, 6.07) is 65.0. The first kappa shape index (κ1) is 34.1. The molecule has 0 fully saturated rings. The zero-order valence-electron chi connectivity index (χ0n) is 32.0. The molecule has 4 nitrogen and oxygen atoms in total. The number of rotatable bonds is 6. The fraction of sp³-hybridized carbons (Fsp3) is 0.0377. The van der Waals surface area contributed by atoms with Crippen molar-refractivity contribution in [3.05, 3.63) is 193 Å². The van der Waals surface area contributed by atoms with Gasteiger partial charge in [0.05, 0.1) is 16.7 Å². The Hall–Kier alpha value is -7.21. The Morgan fingerprint density at radius 3 is 1.66 bits per heavy atom. The van der Waals surface area contributed by atoms with Gasteiger partial charge >= 0.3 is 0 Å². The Bertz CT molecular complexity index is 3280. The van der Waals surface area contributed by atoms with E-state index in [4.69, 9.17) is 15.0 Å². The highest BCUT2D eigenvalue weighted by atomic mass is 32.1. The van der Waals surface area contributed by atoms with Crippen LogP contribution in [-0.4, -0.2) is 19.5 Å². The van der Waals surface area contributed by atoms with Crippen molar-refractivity contribution in [3.8, 4) is 62.1 Å². The number of para-hydroxylation sites is 1. The summed E-state index contributed by atoms with van der Waals surface area (Å²) in [5.41, 5.74) is 13.2. The molecule has 58 heavy (non-hydrogen) atoms. The van der Waals surface area contributed by atoms with E-state index < -0.39 is 0 Å². The normalized spacial score (nSPS) is 11.6. The van der Waals surface area contributed by atoms with Crippen molar-refractivity contribution in [2.75, 3.05) is 0 Å². The molecule has 0 bridgehead atoms. The summed E-state index contributed by atoms with van der Waals surface area (Å²) in [4.78, 5) is 15.6. The van der Waals surface area contributed by atoms with Gasteiger partial charge in [-0.1, -0.05) is 151 Å². The summed E-state index contributed by atoms with van der Waals surface area (Å²) in [6.45, 7) is 4.33. The number of thiophene rings is 1. The molecule has 0 aliphatic heterocycles. The van der Waals surface area contributed by atoms with Gasteiger partial charge in [0, 0.05) is 47.6 Å². The highest BCUT2D eigenvalue weighted by molar-refractivity contribution is 7.25. The van der Waals surface area contributed by atoms with Gasteiger partial charge in [0.15, 0.2) is 17.5 Å². The van der Waals surface area contributed by atoms with Gasteiger partial charge in [-0.2, -0.15) is 0 Å². The average molecular weight is 761 g/mol. The SMILES string of the molecule is Cc1cc(C)cc(-c2ccc3c(c2)c2ccccc2n3-c2ccc(-c3ccc4c(c3)sc3ccccc34)cc2-c2nc(-c3ccccc3)nc(-c3ccccc3)n2)c1. The summed E-state index contributed by atoms with van der Waals surface area (Å²) < 4.78 is 4.95. The number of hydrogen-bond donors (Lipinski definition) is 0. The topological polar surface area (TPSA) is 43.6 Å². The monoisotopic (exact) mass is 760 g/mol. The van der Waals surface area contributed by atoms with Crippen LogP contribution in [0.25, 0.3) is 104 Å². The van der Waals surface area contributed by atoms with E-state index in [0.717, 1.165) is 44.5 Å². The van der Waals surface area contributed by atoms with Crippen molar-refractivity contribution >= 4 is 53.3 Å². The Balaban J connectivity index is 1.18. The van der Waals surface area contributed by atoms with Gasteiger partial charge < -0.3 is 4.57 Å². The first-order chi connectivity index (χ1) is 28.5. The lowest BCUT2D eigenvalue weighted by atomic mass is 9.99. The third kappa shape index (κ3) is 5.87. The molecular weight excluding hydrogens is 725 g/mol. The molecule has 5 heteroatoms. The van der Waals surface area contributed by atoms with Gasteiger partial charge in [-0.3, -0.25) is 0 Å². The molecule has 0 spiro atoms. The van der Waals surface area contributed by atoms with E-state index in [1.165, 1.54) is 53.2 Å². The van der Waals surface area contributed by atoms with Gasteiger partial charge in [0.25, 0.3) is 0 Å². The molecule has 11 rings (SSSR count). The van der Waals surface area contributed by atoms with E-state index in [2.05, 4.69) is 164 Å². The summed E-state index contributed by atoms with van der Waals surface area (Å²) in [6.07, 6.45) is 0. The zero-order chi connectivity index (χ0) is 38.7. The molecule has 0 saturated carbocycles. The Kier molecular flexibility index (Phi) is 8.09. The maximum Gasteiger partial charge on any atom is 0.166 e. The van der Waals surface area contributed by atoms with Crippen LogP contribution in [0.2, 0.25) is 0 Å². The Labute approximate surface area is 340 Å². The second-order valence-corrected chi connectivity index (χ2v) is 16.1. The third-order valence-electron chi connectivity index (χ3n) is 11.1. The third-order valence-corrected chi connectivity index (χ3v) is 12.3. The molecule has 0 aliphatic carbocycles. The molecule has 274 valence electrons. The fourth-order valence-corrected chi connectivity index (χ4v) is 9.62. The van der Waals surface area contributed by atoms with Crippen molar-refractivity contribution in [2.24, 2.45) is 0 Å². The van der Waals surface area contributed by atoms with E-state index >= 15 is 0 Å². The molecule has 0 atom stereocenters. The second kappa shape index (κ2) is 13.8. The largest absolute Gasteiger partial charge is 0.309 e. The minimum absolute atomic E-state index is 0.616. The first-order valence-electron chi connectivity index (χ1n) is 19.6. The molecule has 0 radical (unpaired) electrons. The molecule has 0 saturated heterocycles. The first-order valence-corrected chi connectivity index (χ1v) is 20.4.